The molecule has 0 bridgehead atoms. The SMILES string of the molecule is C=CCCC1(C)Oc2cc(C(F)(F)F)ccc2-c2nc(NC(=O)c3c(OC)ncnc3OC)sc21. The first-order valence-electron chi connectivity index (χ1n) is 10.4. The van der Waals surface area contributed by atoms with E-state index in [1.165, 1.54) is 38.0 Å². The van der Waals surface area contributed by atoms with Crippen molar-refractivity contribution in [2.24, 2.45) is 0 Å². The molecule has 1 aliphatic rings. The largest absolute Gasteiger partial charge is 0.481 e. The van der Waals surface area contributed by atoms with E-state index in [1.807, 2.05) is 0 Å². The summed E-state index contributed by atoms with van der Waals surface area (Å²) < 4.78 is 56.4. The minimum atomic E-state index is -4.52. The third-order valence-corrected chi connectivity index (χ3v) is 6.66. The van der Waals surface area contributed by atoms with E-state index >= 15 is 0 Å². The number of benzene rings is 1. The van der Waals surface area contributed by atoms with E-state index in [9.17, 15) is 18.0 Å². The van der Waals surface area contributed by atoms with Crippen LogP contribution in [0.25, 0.3) is 11.3 Å². The van der Waals surface area contributed by atoms with Crippen molar-refractivity contribution in [3.05, 3.63) is 53.2 Å². The van der Waals surface area contributed by atoms with E-state index in [-0.39, 0.29) is 28.2 Å². The molecule has 1 N–H and O–H groups in total. The predicted molar refractivity (Wildman–Crippen MR) is 123 cm³/mol. The van der Waals surface area contributed by atoms with Gasteiger partial charge in [-0.3, -0.25) is 10.1 Å². The molecule has 0 saturated carbocycles. The van der Waals surface area contributed by atoms with Gasteiger partial charge in [0.2, 0.25) is 11.8 Å². The van der Waals surface area contributed by atoms with Crippen LogP contribution in [-0.4, -0.2) is 35.1 Å². The van der Waals surface area contributed by atoms with Crippen molar-refractivity contribution in [1.29, 1.82) is 0 Å². The number of anilines is 1. The molecule has 1 amide bonds. The lowest BCUT2D eigenvalue weighted by Crippen LogP contribution is -2.32. The number of allylic oxidation sites excluding steroid dienone is 1. The Kier molecular flexibility index (Phi) is 6.41. The summed E-state index contributed by atoms with van der Waals surface area (Å²) in [5, 5.41) is 2.91. The Bertz CT molecular complexity index is 1270. The summed E-state index contributed by atoms with van der Waals surface area (Å²) >= 11 is 1.17. The maximum absolute atomic E-state index is 13.3. The zero-order valence-electron chi connectivity index (χ0n) is 19.0. The first-order chi connectivity index (χ1) is 16.6. The number of fused-ring (bicyclic) bond motifs is 3. The van der Waals surface area contributed by atoms with Crippen LogP contribution in [0.4, 0.5) is 18.3 Å². The molecule has 1 atom stereocenters. The number of nitrogens with one attached hydrogen (secondary N) is 1. The van der Waals surface area contributed by atoms with Gasteiger partial charge in [-0.1, -0.05) is 17.4 Å². The van der Waals surface area contributed by atoms with Crippen molar-refractivity contribution in [2.45, 2.75) is 31.5 Å². The van der Waals surface area contributed by atoms with E-state index in [0.29, 0.717) is 29.0 Å². The lowest BCUT2D eigenvalue weighted by Gasteiger charge is -2.35. The first-order valence-corrected chi connectivity index (χ1v) is 11.2. The highest BCUT2D eigenvalue weighted by Crippen LogP contribution is 2.51. The van der Waals surface area contributed by atoms with Gasteiger partial charge < -0.3 is 14.2 Å². The molecule has 0 fully saturated rings. The molecule has 0 radical (unpaired) electrons. The summed E-state index contributed by atoms with van der Waals surface area (Å²) in [7, 11) is 2.71. The fourth-order valence-corrected chi connectivity index (χ4v) is 4.83. The first kappa shape index (κ1) is 24.5. The third-order valence-electron chi connectivity index (χ3n) is 5.44. The van der Waals surface area contributed by atoms with Gasteiger partial charge in [0, 0.05) is 5.56 Å². The van der Waals surface area contributed by atoms with Gasteiger partial charge in [-0.2, -0.15) is 13.2 Å². The van der Waals surface area contributed by atoms with Crippen molar-refractivity contribution in [3.8, 4) is 28.8 Å². The summed E-state index contributed by atoms with van der Waals surface area (Å²) in [4.78, 5) is 26.2. The van der Waals surface area contributed by atoms with E-state index in [1.54, 1.807) is 13.0 Å². The molecule has 3 heterocycles. The summed E-state index contributed by atoms with van der Waals surface area (Å²) in [6.45, 7) is 5.50. The Hall–Kier alpha value is -3.67. The van der Waals surface area contributed by atoms with Crippen LogP contribution in [0.5, 0.6) is 17.5 Å². The van der Waals surface area contributed by atoms with E-state index in [4.69, 9.17) is 14.2 Å². The number of carbonyl (C=O) groups is 1. The maximum atomic E-state index is 13.3. The number of rotatable bonds is 7. The fourth-order valence-electron chi connectivity index (χ4n) is 3.74. The number of halogens is 3. The highest BCUT2D eigenvalue weighted by molar-refractivity contribution is 7.16. The average molecular weight is 507 g/mol. The van der Waals surface area contributed by atoms with Gasteiger partial charge in [0.1, 0.15) is 17.7 Å². The molecule has 1 aliphatic heterocycles. The van der Waals surface area contributed by atoms with Crippen LogP contribution in [0, 0.1) is 0 Å². The number of ether oxygens (including phenoxy) is 3. The Labute approximate surface area is 202 Å². The van der Waals surface area contributed by atoms with Gasteiger partial charge in [-0.05, 0) is 38.0 Å². The Balaban J connectivity index is 1.77. The Morgan fingerprint density at radius 2 is 1.94 bits per heavy atom. The Morgan fingerprint density at radius 3 is 2.54 bits per heavy atom. The van der Waals surface area contributed by atoms with Crippen LogP contribution >= 0.6 is 11.3 Å². The average Bonchev–Trinajstić information content (AvgIpc) is 3.26. The summed E-state index contributed by atoms with van der Waals surface area (Å²) in [6, 6.07) is 3.28. The lowest BCUT2D eigenvalue weighted by atomic mass is 9.91. The second kappa shape index (κ2) is 9.17. The molecule has 0 spiro atoms. The molecule has 0 aliphatic carbocycles. The number of alkyl halides is 3. The van der Waals surface area contributed by atoms with Gasteiger partial charge in [-0.25, -0.2) is 15.0 Å². The van der Waals surface area contributed by atoms with Crippen LogP contribution in [0.15, 0.2) is 37.2 Å². The number of methoxy groups -OCH3 is 2. The van der Waals surface area contributed by atoms with Crippen LogP contribution in [0.2, 0.25) is 0 Å². The van der Waals surface area contributed by atoms with Gasteiger partial charge in [-0.15, -0.1) is 6.58 Å². The topological polar surface area (TPSA) is 95.5 Å². The summed E-state index contributed by atoms with van der Waals surface area (Å²) in [5.74, 6) is -0.520. The molecule has 3 aromatic rings. The molecule has 8 nitrogen and oxygen atoms in total. The second-order valence-corrected chi connectivity index (χ2v) is 8.79. The standard InChI is InChI=1S/C23H21F3N4O4S/c1-5-6-9-22(2)17-16(13-8-7-12(23(24,25)26)10-14(13)34-22)29-21(35-17)30-18(31)15-19(32-3)27-11-28-20(15)33-4/h5,7-8,10-11H,1,6,9H2,2-4H3,(H,29,30,31). The summed E-state index contributed by atoms with van der Waals surface area (Å²) in [5.41, 5.74) is -0.981. The molecule has 1 aromatic carbocycles. The number of amides is 1. The molecular formula is C23H21F3N4O4S. The quantitative estimate of drug-likeness (QED) is 0.425. The maximum Gasteiger partial charge on any atom is 0.416 e. The predicted octanol–water partition coefficient (Wildman–Crippen LogP) is 5.46. The minimum Gasteiger partial charge on any atom is -0.481 e. The van der Waals surface area contributed by atoms with E-state index < -0.39 is 23.2 Å². The van der Waals surface area contributed by atoms with Crippen molar-refractivity contribution in [1.82, 2.24) is 15.0 Å². The van der Waals surface area contributed by atoms with E-state index in [0.717, 1.165) is 12.1 Å². The van der Waals surface area contributed by atoms with Crippen LogP contribution < -0.4 is 19.5 Å². The van der Waals surface area contributed by atoms with Gasteiger partial charge in [0.25, 0.3) is 5.91 Å². The fraction of sp³-hybridized carbons (Fsp3) is 0.304. The smallest absolute Gasteiger partial charge is 0.416 e. The van der Waals surface area contributed by atoms with Crippen LogP contribution in [-0.2, 0) is 11.8 Å². The molecule has 4 rings (SSSR count). The highest BCUT2D eigenvalue weighted by Gasteiger charge is 2.41. The zero-order chi connectivity index (χ0) is 25.4. The van der Waals surface area contributed by atoms with Crippen molar-refractivity contribution >= 4 is 22.4 Å². The molecule has 12 heteroatoms. The number of hydrogen-bond donors (Lipinski definition) is 1. The number of thiazole rings is 1. The number of carbonyl (C=O) groups excluding carboxylic acids is 1. The molecule has 184 valence electrons. The lowest BCUT2D eigenvalue weighted by molar-refractivity contribution is -0.137. The molecule has 2 aromatic heterocycles. The third kappa shape index (κ3) is 4.53. The Morgan fingerprint density at radius 1 is 1.26 bits per heavy atom. The van der Waals surface area contributed by atoms with Gasteiger partial charge in [0.15, 0.2) is 10.7 Å². The number of hydrogen-bond acceptors (Lipinski definition) is 8. The number of nitrogens with zero attached hydrogens (tertiary/aromatic N) is 3. The van der Waals surface area contributed by atoms with E-state index in [2.05, 4.69) is 26.8 Å². The summed E-state index contributed by atoms with van der Waals surface area (Å²) in [6.07, 6.45) is -0.617. The monoisotopic (exact) mass is 506 g/mol. The second-order valence-electron chi connectivity index (χ2n) is 7.79. The van der Waals surface area contributed by atoms with Gasteiger partial charge in [0.05, 0.1) is 30.4 Å². The number of aromatic nitrogens is 3. The molecular weight excluding hydrogens is 485 g/mol. The van der Waals surface area contributed by atoms with Crippen molar-refractivity contribution < 1.29 is 32.2 Å². The molecule has 1 unspecified atom stereocenters. The molecule has 35 heavy (non-hydrogen) atoms. The van der Waals surface area contributed by atoms with Gasteiger partial charge >= 0.3 is 6.18 Å². The minimum absolute atomic E-state index is 0.0137. The highest BCUT2D eigenvalue weighted by atomic mass is 32.1. The normalized spacial score (nSPS) is 16.5. The zero-order valence-corrected chi connectivity index (χ0v) is 19.8. The van der Waals surface area contributed by atoms with Crippen LogP contribution in [0.1, 0.15) is 40.6 Å². The van der Waals surface area contributed by atoms with Crippen LogP contribution in [0.3, 0.4) is 0 Å². The van der Waals surface area contributed by atoms with Crippen molar-refractivity contribution in [2.75, 3.05) is 19.5 Å². The molecule has 0 saturated heterocycles. The van der Waals surface area contributed by atoms with Crippen molar-refractivity contribution in [3.63, 3.8) is 0 Å².